The van der Waals surface area contributed by atoms with Crippen molar-refractivity contribution in [3.8, 4) is 0 Å². The molecule has 0 unspecified atom stereocenters. The molecule has 0 aromatic carbocycles. The number of hydrogen-bond acceptors (Lipinski definition) is 6. The monoisotopic (exact) mass is 391 g/mol. The molecule has 142 valence electrons. The van der Waals surface area contributed by atoms with Crippen molar-refractivity contribution in [2.24, 2.45) is 11.8 Å². The maximum absolute atomic E-state index is 12.3. The minimum absolute atomic E-state index is 0.0378. The molecule has 3 rings (SSSR count). The highest BCUT2D eigenvalue weighted by molar-refractivity contribution is 6.30. The van der Waals surface area contributed by atoms with Gasteiger partial charge < -0.3 is 10.1 Å². The van der Waals surface area contributed by atoms with Crippen molar-refractivity contribution in [2.75, 3.05) is 18.5 Å². The molecule has 1 aromatic rings. The predicted octanol–water partition coefficient (Wildman–Crippen LogP) is 1.56. The van der Waals surface area contributed by atoms with Crippen LogP contribution >= 0.6 is 11.6 Å². The summed E-state index contributed by atoms with van der Waals surface area (Å²) in [5.41, 5.74) is 0. The van der Waals surface area contributed by atoms with Gasteiger partial charge in [-0.05, 0) is 25.0 Å². The highest BCUT2D eigenvalue weighted by atomic mass is 35.5. The van der Waals surface area contributed by atoms with Crippen LogP contribution < -0.4 is 5.32 Å². The van der Waals surface area contributed by atoms with Gasteiger partial charge >= 0.3 is 5.97 Å². The summed E-state index contributed by atoms with van der Waals surface area (Å²) < 4.78 is 4.88. The lowest BCUT2D eigenvalue weighted by molar-refractivity contribution is -0.148. The van der Waals surface area contributed by atoms with Gasteiger partial charge in [0.05, 0.1) is 23.3 Å². The second-order valence-corrected chi connectivity index (χ2v) is 6.74. The lowest BCUT2D eigenvalue weighted by Crippen LogP contribution is -2.33. The number of aromatic nitrogens is 1. The first kappa shape index (κ1) is 19.0. The zero-order valence-electron chi connectivity index (χ0n) is 14.4. The molecule has 1 saturated heterocycles. The Balaban J connectivity index is 1.42. The van der Waals surface area contributed by atoms with Crippen molar-refractivity contribution in [3.63, 3.8) is 0 Å². The number of likely N-dealkylation sites (tertiary alicyclic amines) is 1. The van der Waals surface area contributed by atoms with Crippen molar-refractivity contribution >= 4 is 41.1 Å². The summed E-state index contributed by atoms with van der Waals surface area (Å²) >= 11 is 5.70. The maximum Gasteiger partial charge on any atom is 0.308 e. The van der Waals surface area contributed by atoms with Crippen molar-refractivity contribution in [1.29, 1.82) is 0 Å². The van der Waals surface area contributed by atoms with Crippen molar-refractivity contribution in [1.82, 2.24) is 9.88 Å². The number of nitrogens with one attached hydrogen (secondary N) is 1. The molecule has 1 aliphatic heterocycles. The fourth-order valence-corrected chi connectivity index (χ4v) is 3.25. The number of amides is 3. The van der Waals surface area contributed by atoms with Crippen LogP contribution in [0.15, 0.2) is 30.5 Å². The topological polar surface area (TPSA) is 106 Å². The number of esters is 1. The Labute approximate surface area is 160 Å². The molecule has 2 aliphatic rings. The van der Waals surface area contributed by atoms with E-state index in [1.54, 1.807) is 6.07 Å². The van der Waals surface area contributed by atoms with Gasteiger partial charge in [0, 0.05) is 12.7 Å². The van der Waals surface area contributed by atoms with E-state index in [1.165, 1.54) is 12.3 Å². The first-order valence-corrected chi connectivity index (χ1v) is 8.90. The van der Waals surface area contributed by atoms with Gasteiger partial charge in [0.25, 0.3) is 5.91 Å². The summed E-state index contributed by atoms with van der Waals surface area (Å²) in [5, 5.41) is 2.89. The molecule has 27 heavy (non-hydrogen) atoms. The number of hydrogen-bond donors (Lipinski definition) is 1. The third kappa shape index (κ3) is 4.51. The molecule has 3 amide bonds. The minimum atomic E-state index is -0.664. The lowest BCUT2D eigenvalue weighted by Gasteiger charge is -2.14. The fourth-order valence-electron chi connectivity index (χ4n) is 3.14. The van der Waals surface area contributed by atoms with Gasteiger partial charge in [-0.2, -0.15) is 0 Å². The molecule has 9 heteroatoms. The number of carbonyl (C=O) groups is 4. The van der Waals surface area contributed by atoms with E-state index in [2.05, 4.69) is 10.3 Å². The third-order valence-electron chi connectivity index (χ3n) is 4.50. The number of anilines is 1. The Morgan fingerprint density at radius 2 is 1.85 bits per heavy atom. The number of nitrogens with zero attached hydrogens (tertiary/aromatic N) is 2. The van der Waals surface area contributed by atoms with E-state index in [1.807, 2.05) is 12.2 Å². The second kappa shape index (κ2) is 8.30. The van der Waals surface area contributed by atoms with Crippen molar-refractivity contribution in [3.05, 3.63) is 35.5 Å². The maximum atomic E-state index is 12.3. The predicted molar refractivity (Wildman–Crippen MR) is 95.5 cm³/mol. The number of imide groups is 1. The SMILES string of the molecule is O=C(COC(=O)CCN1C(=O)[C@H]2CC=CC[C@@H]2C1=O)Nc1ccc(Cl)cn1. The van der Waals surface area contributed by atoms with Crippen LogP contribution in [0.2, 0.25) is 5.02 Å². The molecule has 1 N–H and O–H groups in total. The number of allylic oxidation sites excluding steroid dienone is 2. The number of fused-ring (bicyclic) bond motifs is 1. The quantitative estimate of drug-likeness (QED) is 0.448. The summed E-state index contributed by atoms with van der Waals surface area (Å²) in [6, 6.07) is 3.08. The standard InChI is InChI=1S/C18H18ClN3O5/c19-11-5-6-14(20-9-11)21-15(23)10-27-16(24)7-8-22-17(25)12-3-1-2-4-13(12)18(22)26/h1-2,5-6,9,12-13H,3-4,7-8,10H2,(H,20,21,23)/t12-,13-/m0/s1. The van der Waals surface area contributed by atoms with E-state index in [0.29, 0.717) is 17.9 Å². The Morgan fingerprint density at radius 1 is 1.19 bits per heavy atom. The molecule has 0 spiro atoms. The molecule has 0 radical (unpaired) electrons. The number of rotatable bonds is 6. The van der Waals surface area contributed by atoms with E-state index < -0.39 is 18.5 Å². The summed E-state index contributed by atoms with van der Waals surface area (Å²) in [6.07, 6.45) is 6.12. The molecular formula is C18H18ClN3O5. The van der Waals surface area contributed by atoms with E-state index in [9.17, 15) is 19.2 Å². The first-order chi connectivity index (χ1) is 13.0. The normalized spacial score (nSPS) is 21.1. The van der Waals surface area contributed by atoms with Gasteiger partial charge in [-0.3, -0.25) is 24.1 Å². The molecule has 0 bridgehead atoms. The zero-order chi connectivity index (χ0) is 19.4. The van der Waals surface area contributed by atoms with Gasteiger partial charge in [0.1, 0.15) is 5.82 Å². The summed E-state index contributed by atoms with van der Waals surface area (Å²) in [5.74, 6) is -2.06. The highest BCUT2D eigenvalue weighted by Gasteiger charge is 2.46. The Kier molecular flexibility index (Phi) is 5.85. The average Bonchev–Trinajstić information content (AvgIpc) is 2.91. The number of pyridine rings is 1. The molecule has 1 aromatic heterocycles. The highest BCUT2D eigenvalue weighted by Crippen LogP contribution is 2.34. The van der Waals surface area contributed by atoms with Crippen molar-refractivity contribution in [2.45, 2.75) is 19.3 Å². The number of halogens is 1. The van der Waals surface area contributed by atoms with Gasteiger partial charge in [0.15, 0.2) is 6.61 Å². The van der Waals surface area contributed by atoms with Crippen LogP contribution in [0, 0.1) is 11.8 Å². The summed E-state index contributed by atoms with van der Waals surface area (Å²) in [7, 11) is 0. The van der Waals surface area contributed by atoms with Crippen LogP contribution in [0.1, 0.15) is 19.3 Å². The van der Waals surface area contributed by atoms with Gasteiger partial charge in [-0.1, -0.05) is 23.8 Å². The van der Waals surface area contributed by atoms with Crippen LogP contribution in [0.3, 0.4) is 0 Å². The zero-order valence-corrected chi connectivity index (χ0v) is 15.1. The molecule has 2 heterocycles. The van der Waals surface area contributed by atoms with Crippen molar-refractivity contribution < 1.29 is 23.9 Å². The first-order valence-electron chi connectivity index (χ1n) is 8.53. The fraction of sp³-hybridized carbons (Fsp3) is 0.389. The van der Waals surface area contributed by atoms with E-state index in [4.69, 9.17) is 16.3 Å². The van der Waals surface area contributed by atoms with Crippen LogP contribution in [0.5, 0.6) is 0 Å². The van der Waals surface area contributed by atoms with Gasteiger partial charge in [-0.15, -0.1) is 0 Å². The smallest absolute Gasteiger partial charge is 0.308 e. The van der Waals surface area contributed by atoms with Gasteiger partial charge in [0.2, 0.25) is 11.8 Å². The molecule has 8 nitrogen and oxygen atoms in total. The molecular weight excluding hydrogens is 374 g/mol. The van der Waals surface area contributed by atoms with Crippen LogP contribution in [0.25, 0.3) is 0 Å². The number of carbonyl (C=O) groups excluding carboxylic acids is 4. The largest absolute Gasteiger partial charge is 0.456 e. The summed E-state index contributed by atoms with van der Waals surface area (Å²) in [6.45, 7) is -0.524. The van der Waals surface area contributed by atoms with E-state index in [0.717, 1.165) is 4.90 Å². The van der Waals surface area contributed by atoms with Crippen LogP contribution in [0.4, 0.5) is 5.82 Å². The lowest BCUT2D eigenvalue weighted by atomic mass is 9.85. The van der Waals surface area contributed by atoms with E-state index in [-0.39, 0.29) is 42.4 Å². The Bertz CT molecular complexity index is 767. The third-order valence-corrected chi connectivity index (χ3v) is 4.72. The minimum Gasteiger partial charge on any atom is -0.456 e. The average molecular weight is 392 g/mol. The molecule has 1 aliphatic carbocycles. The molecule has 1 fully saturated rings. The van der Waals surface area contributed by atoms with Crippen LogP contribution in [-0.4, -0.2) is 46.7 Å². The Hall–Kier alpha value is -2.74. The second-order valence-electron chi connectivity index (χ2n) is 6.30. The summed E-state index contributed by atoms with van der Waals surface area (Å²) in [4.78, 5) is 53.2. The van der Waals surface area contributed by atoms with E-state index >= 15 is 0 Å². The Morgan fingerprint density at radius 3 is 2.44 bits per heavy atom. The molecule has 2 atom stereocenters. The van der Waals surface area contributed by atoms with Gasteiger partial charge in [-0.25, -0.2) is 4.98 Å². The number of ether oxygens (including phenoxy) is 1. The molecule has 0 saturated carbocycles. The van der Waals surface area contributed by atoms with Crippen LogP contribution in [-0.2, 0) is 23.9 Å².